The summed E-state index contributed by atoms with van der Waals surface area (Å²) in [6.45, 7) is 8.86. The predicted octanol–water partition coefficient (Wildman–Crippen LogP) is 2.82. The van der Waals surface area contributed by atoms with Crippen LogP contribution in [0.1, 0.15) is 50.9 Å². The van der Waals surface area contributed by atoms with Gasteiger partial charge in [-0.3, -0.25) is 4.79 Å². The maximum Gasteiger partial charge on any atom is 0.303 e. The van der Waals surface area contributed by atoms with E-state index >= 15 is 0 Å². The first-order valence-corrected chi connectivity index (χ1v) is 6.69. The topological polar surface area (TPSA) is 75.1 Å². The second kappa shape index (κ2) is 7.07. The van der Waals surface area contributed by atoms with Gasteiger partial charge in [-0.05, 0) is 31.2 Å². The lowest BCUT2D eigenvalue weighted by Gasteiger charge is -2.13. The first-order chi connectivity index (χ1) is 8.88. The summed E-state index contributed by atoms with van der Waals surface area (Å²) in [5.41, 5.74) is 1.97. The molecule has 5 heteroatoms. The van der Waals surface area contributed by atoms with Crippen LogP contribution in [0.5, 0.6) is 0 Å². The summed E-state index contributed by atoms with van der Waals surface area (Å²) >= 11 is 0. The van der Waals surface area contributed by atoms with Crippen molar-refractivity contribution < 1.29 is 9.90 Å². The van der Waals surface area contributed by atoms with Gasteiger partial charge in [-0.15, -0.1) is 0 Å². The van der Waals surface area contributed by atoms with Gasteiger partial charge in [-0.1, -0.05) is 20.8 Å². The molecule has 0 aliphatic heterocycles. The van der Waals surface area contributed by atoms with Crippen molar-refractivity contribution in [3.05, 3.63) is 17.5 Å². The Kier molecular flexibility index (Phi) is 5.73. The lowest BCUT2D eigenvalue weighted by atomic mass is 10.1. The number of carboxylic acids is 1. The Hall–Kier alpha value is -1.65. The molecule has 0 amide bonds. The summed E-state index contributed by atoms with van der Waals surface area (Å²) in [6.07, 6.45) is 0.861. The Morgan fingerprint density at radius 2 is 2.05 bits per heavy atom. The van der Waals surface area contributed by atoms with Gasteiger partial charge in [0.25, 0.3) is 0 Å². The van der Waals surface area contributed by atoms with Gasteiger partial charge in [0, 0.05) is 24.4 Å². The number of hydrogen-bond donors (Lipinski definition) is 2. The molecule has 0 aromatic carbocycles. The maximum absolute atomic E-state index is 10.5. The molecule has 0 bridgehead atoms. The van der Waals surface area contributed by atoms with E-state index in [9.17, 15) is 4.79 Å². The third-order valence-corrected chi connectivity index (χ3v) is 2.93. The van der Waals surface area contributed by atoms with Crippen LogP contribution in [0.4, 0.5) is 5.95 Å². The van der Waals surface area contributed by atoms with Crippen LogP contribution in [0.3, 0.4) is 0 Å². The Bertz CT molecular complexity index is 433. The molecule has 1 aromatic rings. The standard InChI is InChI=1S/C14H23N3O2/c1-9(2)12-7-11(4)16-14(17-12)15-8-10(3)5-6-13(18)19/h7,9-10H,5-6,8H2,1-4H3,(H,18,19)(H,15,16,17). The van der Waals surface area contributed by atoms with Gasteiger partial charge in [0.15, 0.2) is 0 Å². The molecule has 0 saturated carbocycles. The van der Waals surface area contributed by atoms with Crippen molar-refractivity contribution in [2.45, 2.75) is 46.5 Å². The number of carbonyl (C=O) groups is 1. The molecule has 0 saturated heterocycles. The van der Waals surface area contributed by atoms with Crippen LogP contribution in [-0.4, -0.2) is 27.6 Å². The molecule has 1 heterocycles. The zero-order chi connectivity index (χ0) is 14.4. The van der Waals surface area contributed by atoms with Gasteiger partial charge in [-0.25, -0.2) is 9.97 Å². The summed E-state index contributed by atoms with van der Waals surface area (Å²) in [5.74, 6) is 0.529. The summed E-state index contributed by atoms with van der Waals surface area (Å²) in [6, 6.07) is 1.99. The third kappa shape index (κ3) is 5.68. The maximum atomic E-state index is 10.5. The van der Waals surface area contributed by atoms with Gasteiger partial charge in [0.05, 0.1) is 0 Å². The molecular formula is C14H23N3O2. The van der Waals surface area contributed by atoms with E-state index in [1.807, 2.05) is 19.9 Å². The molecule has 1 unspecified atom stereocenters. The van der Waals surface area contributed by atoms with E-state index in [0.29, 0.717) is 24.8 Å². The summed E-state index contributed by atoms with van der Waals surface area (Å²) in [4.78, 5) is 19.3. The number of aromatic nitrogens is 2. The average Bonchev–Trinajstić information content (AvgIpc) is 2.33. The quantitative estimate of drug-likeness (QED) is 0.793. The number of aryl methyl sites for hydroxylation is 1. The van der Waals surface area contributed by atoms with E-state index in [4.69, 9.17) is 5.11 Å². The van der Waals surface area contributed by atoms with Crippen LogP contribution >= 0.6 is 0 Å². The minimum Gasteiger partial charge on any atom is -0.481 e. The highest BCUT2D eigenvalue weighted by atomic mass is 16.4. The molecule has 0 aliphatic carbocycles. The van der Waals surface area contributed by atoms with E-state index in [-0.39, 0.29) is 12.3 Å². The first kappa shape index (κ1) is 15.4. The van der Waals surface area contributed by atoms with E-state index < -0.39 is 5.97 Å². The summed E-state index contributed by atoms with van der Waals surface area (Å²) < 4.78 is 0. The Morgan fingerprint density at radius 1 is 1.37 bits per heavy atom. The molecule has 5 nitrogen and oxygen atoms in total. The molecule has 0 spiro atoms. The van der Waals surface area contributed by atoms with Crippen molar-refractivity contribution in [2.75, 3.05) is 11.9 Å². The number of anilines is 1. The highest BCUT2D eigenvalue weighted by Gasteiger charge is 2.08. The number of hydrogen-bond acceptors (Lipinski definition) is 4. The second-order valence-electron chi connectivity index (χ2n) is 5.33. The number of nitrogens with zero attached hydrogens (tertiary/aromatic N) is 2. The molecule has 0 fully saturated rings. The SMILES string of the molecule is Cc1cc(C(C)C)nc(NCC(C)CCC(=O)O)n1. The molecular weight excluding hydrogens is 242 g/mol. The molecule has 106 valence electrons. The molecule has 1 aromatic heterocycles. The van der Waals surface area contributed by atoms with E-state index in [0.717, 1.165) is 11.4 Å². The Morgan fingerprint density at radius 3 is 2.63 bits per heavy atom. The zero-order valence-corrected chi connectivity index (χ0v) is 12.1. The molecule has 19 heavy (non-hydrogen) atoms. The van der Waals surface area contributed by atoms with Crippen LogP contribution < -0.4 is 5.32 Å². The number of nitrogens with one attached hydrogen (secondary N) is 1. The highest BCUT2D eigenvalue weighted by Crippen LogP contribution is 2.15. The van der Waals surface area contributed by atoms with Crippen LogP contribution in [-0.2, 0) is 4.79 Å². The molecule has 2 N–H and O–H groups in total. The van der Waals surface area contributed by atoms with Crippen molar-refractivity contribution in [1.29, 1.82) is 0 Å². The average molecular weight is 265 g/mol. The van der Waals surface area contributed by atoms with Crippen LogP contribution in [0.15, 0.2) is 6.07 Å². The van der Waals surface area contributed by atoms with Crippen molar-refractivity contribution >= 4 is 11.9 Å². The highest BCUT2D eigenvalue weighted by molar-refractivity contribution is 5.66. The van der Waals surface area contributed by atoms with E-state index in [2.05, 4.69) is 29.1 Å². The Balaban J connectivity index is 2.55. The summed E-state index contributed by atoms with van der Waals surface area (Å²) in [7, 11) is 0. The second-order valence-corrected chi connectivity index (χ2v) is 5.33. The summed E-state index contributed by atoms with van der Waals surface area (Å²) in [5, 5.41) is 11.8. The molecule has 0 radical (unpaired) electrons. The van der Waals surface area contributed by atoms with Crippen molar-refractivity contribution in [3.63, 3.8) is 0 Å². The van der Waals surface area contributed by atoms with E-state index in [1.165, 1.54) is 0 Å². The van der Waals surface area contributed by atoms with Gasteiger partial charge in [0.2, 0.25) is 5.95 Å². The number of rotatable bonds is 7. The van der Waals surface area contributed by atoms with Crippen molar-refractivity contribution in [1.82, 2.24) is 9.97 Å². The minimum atomic E-state index is -0.749. The van der Waals surface area contributed by atoms with Crippen LogP contribution in [0.2, 0.25) is 0 Å². The van der Waals surface area contributed by atoms with Gasteiger partial charge >= 0.3 is 5.97 Å². The molecule has 1 rings (SSSR count). The van der Waals surface area contributed by atoms with Gasteiger partial charge in [0.1, 0.15) is 0 Å². The smallest absolute Gasteiger partial charge is 0.303 e. The Labute approximate surface area is 114 Å². The lowest BCUT2D eigenvalue weighted by molar-refractivity contribution is -0.137. The monoisotopic (exact) mass is 265 g/mol. The van der Waals surface area contributed by atoms with Crippen LogP contribution in [0.25, 0.3) is 0 Å². The van der Waals surface area contributed by atoms with Crippen molar-refractivity contribution in [3.8, 4) is 0 Å². The minimum absolute atomic E-state index is 0.203. The predicted molar refractivity (Wildman–Crippen MR) is 75.4 cm³/mol. The van der Waals surface area contributed by atoms with Crippen LogP contribution in [0, 0.1) is 12.8 Å². The lowest BCUT2D eigenvalue weighted by Crippen LogP contribution is -2.15. The fraction of sp³-hybridized carbons (Fsp3) is 0.643. The number of aliphatic carboxylic acids is 1. The fourth-order valence-electron chi connectivity index (χ4n) is 1.71. The zero-order valence-electron chi connectivity index (χ0n) is 12.1. The fourth-order valence-corrected chi connectivity index (χ4v) is 1.71. The third-order valence-electron chi connectivity index (χ3n) is 2.93. The first-order valence-electron chi connectivity index (χ1n) is 6.69. The number of carboxylic acid groups (broad SMARTS) is 1. The largest absolute Gasteiger partial charge is 0.481 e. The molecule has 0 aliphatic rings. The van der Waals surface area contributed by atoms with Crippen molar-refractivity contribution in [2.24, 2.45) is 5.92 Å². The normalized spacial score (nSPS) is 12.5. The molecule has 1 atom stereocenters. The van der Waals surface area contributed by atoms with E-state index in [1.54, 1.807) is 0 Å². The van der Waals surface area contributed by atoms with Gasteiger partial charge < -0.3 is 10.4 Å². The van der Waals surface area contributed by atoms with Gasteiger partial charge in [-0.2, -0.15) is 0 Å².